The molecule has 3 rings (SSSR count). The molecule has 0 aliphatic heterocycles. The molecule has 2 aromatic rings. The van der Waals surface area contributed by atoms with Crippen LogP contribution in [0.5, 0.6) is 0 Å². The predicted octanol–water partition coefficient (Wildman–Crippen LogP) is 2.72. The van der Waals surface area contributed by atoms with Crippen molar-refractivity contribution in [2.24, 2.45) is 0 Å². The van der Waals surface area contributed by atoms with E-state index in [2.05, 4.69) is 23.5 Å². The number of nitrogens with two attached hydrogens (primary N) is 1. The van der Waals surface area contributed by atoms with Gasteiger partial charge < -0.3 is 16.2 Å². The molecule has 102 valence electrons. The van der Waals surface area contributed by atoms with Crippen molar-refractivity contribution < 1.29 is 9.90 Å². The maximum atomic E-state index is 11.0. The number of fused-ring (bicyclic) bond motifs is 1. The first-order valence-electron chi connectivity index (χ1n) is 6.60. The van der Waals surface area contributed by atoms with E-state index in [9.17, 15) is 4.79 Å². The Balaban J connectivity index is 1.72. The van der Waals surface area contributed by atoms with Gasteiger partial charge in [-0.25, -0.2) is 4.79 Å². The highest BCUT2D eigenvalue weighted by molar-refractivity contribution is 5.97. The van der Waals surface area contributed by atoms with Gasteiger partial charge >= 0.3 is 5.97 Å². The lowest BCUT2D eigenvalue weighted by atomic mass is 9.77. The third-order valence-corrected chi connectivity index (χ3v) is 3.84. The van der Waals surface area contributed by atoms with Gasteiger partial charge in [-0.05, 0) is 29.7 Å². The van der Waals surface area contributed by atoms with Crippen LogP contribution < -0.4 is 11.1 Å². The molecule has 0 saturated heterocycles. The van der Waals surface area contributed by atoms with Crippen LogP contribution in [0.25, 0.3) is 0 Å². The van der Waals surface area contributed by atoms with Crippen molar-refractivity contribution in [3.63, 3.8) is 0 Å². The molecule has 4 heteroatoms. The Kier molecular flexibility index (Phi) is 3.06. The van der Waals surface area contributed by atoms with Gasteiger partial charge in [-0.1, -0.05) is 30.3 Å². The zero-order valence-corrected chi connectivity index (χ0v) is 11.0. The van der Waals surface area contributed by atoms with Crippen LogP contribution in [0.15, 0.2) is 42.5 Å². The van der Waals surface area contributed by atoms with E-state index >= 15 is 0 Å². The second kappa shape index (κ2) is 4.89. The van der Waals surface area contributed by atoms with E-state index in [1.165, 1.54) is 17.2 Å². The Bertz CT molecular complexity index is 667. The summed E-state index contributed by atoms with van der Waals surface area (Å²) in [6.45, 7) is 0.768. The van der Waals surface area contributed by atoms with Gasteiger partial charge in [0, 0.05) is 12.5 Å². The fourth-order valence-electron chi connectivity index (χ4n) is 2.68. The maximum Gasteiger partial charge on any atom is 0.337 e. The number of carboxylic acid groups (broad SMARTS) is 1. The van der Waals surface area contributed by atoms with Crippen LogP contribution in [0.1, 0.15) is 27.4 Å². The zero-order chi connectivity index (χ0) is 14.1. The largest absolute Gasteiger partial charge is 0.478 e. The summed E-state index contributed by atoms with van der Waals surface area (Å²) in [4.78, 5) is 11.0. The van der Waals surface area contributed by atoms with Crippen molar-refractivity contribution in [3.8, 4) is 0 Å². The Labute approximate surface area is 117 Å². The zero-order valence-electron chi connectivity index (χ0n) is 11.0. The van der Waals surface area contributed by atoms with Gasteiger partial charge in [-0.2, -0.15) is 0 Å². The molecule has 4 nitrogen and oxygen atoms in total. The molecule has 0 spiro atoms. The van der Waals surface area contributed by atoms with E-state index in [0.29, 0.717) is 17.3 Å². The van der Waals surface area contributed by atoms with Gasteiger partial charge in [0.05, 0.1) is 16.9 Å². The van der Waals surface area contributed by atoms with E-state index in [1.807, 2.05) is 12.1 Å². The second-order valence-electron chi connectivity index (χ2n) is 5.05. The molecular weight excluding hydrogens is 252 g/mol. The van der Waals surface area contributed by atoms with Crippen molar-refractivity contribution >= 4 is 17.3 Å². The number of nitrogen functional groups attached to an aromatic ring is 1. The lowest BCUT2D eigenvalue weighted by molar-refractivity contribution is 0.0698. The summed E-state index contributed by atoms with van der Waals surface area (Å²) in [5.41, 5.74) is 9.78. The normalized spacial score (nSPS) is 16.1. The molecule has 0 radical (unpaired) electrons. The molecule has 0 aromatic heterocycles. The first-order chi connectivity index (χ1) is 9.66. The third kappa shape index (κ3) is 2.09. The molecule has 0 saturated carbocycles. The minimum absolute atomic E-state index is 0.143. The highest BCUT2D eigenvalue weighted by Crippen LogP contribution is 2.35. The highest BCUT2D eigenvalue weighted by Gasteiger charge is 2.25. The standard InChI is InChI=1S/C16H16N2O2/c17-15-13(16(19)20)6-3-7-14(15)18-9-11-8-10-4-1-2-5-12(10)11/h1-7,11,18H,8-9,17H2,(H,19,20). The summed E-state index contributed by atoms with van der Waals surface area (Å²) in [7, 11) is 0. The lowest BCUT2D eigenvalue weighted by Crippen LogP contribution is -2.24. The van der Waals surface area contributed by atoms with Gasteiger partial charge in [0.2, 0.25) is 0 Å². The molecule has 2 aromatic carbocycles. The van der Waals surface area contributed by atoms with Crippen molar-refractivity contribution in [3.05, 3.63) is 59.2 Å². The van der Waals surface area contributed by atoms with Crippen LogP contribution >= 0.6 is 0 Å². The van der Waals surface area contributed by atoms with E-state index in [-0.39, 0.29) is 5.56 Å². The Morgan fingerprint density at radius 1 is 1.25 bits per heavy atom. The van der Waals surface area contributed by atoms with Crippen LogP contribution in [0.3, 0.4) is 0 Å². The number of aromatic carboxylic acids is 1. The molecular formula is C16H16N2O2. The molecule has 20 heavy (non-hydrogen) atoms. The van der Waals surface area contributed by atoms with Crippen molar-refractivity contribution in [1.29, 1.82) is 0 Å². The summed E-state index contributed by atoms with van der Waals surface area (Å²) < 4.78 is 0. The van der Waals surface area contributed by atoms with Crippen molar-refractivity contribution in [2.75, 3.05) is 17.6 Å². The molecule has 0 bridgehead atoms. The number of benzene rings is 2. The summed E-state index contributed by atoms with van der Waals surface area (Å²) in [5.74, 6) is -0.528. The minimum Gasteiger partial charge on any atom is -0.478 e. The number of nitrogens with one attached hydrogen (secondary N) is 1. The maximum absolute atomic E-state index is 11.0. The summed E-state index contributed by atoms with van der Waals surface area (Å²) in [6.07, 6.45) is 1.06. The SMILES string of the molecule is Nc1c(NCC2Cc3ccccc32)cccc1C(=O)O. The topological polar surface area (TPSA) is 75.3 Å². The number of hydrogen-bond donors (Lipinski definition) is 3. The van der Waals surface area contributed by atoms with Gasteiger partial charge in [0.15, 0.2) is 0 Å². The molecule has 0 fully saturated rings. The van der Waals surface area contributed by atoms with Gasteiger partial charge in [-0.3, -0.25) is 0 Å². The Hall–Kier alpha value is -2.49. The van der Waals surface area contributed by atoms with Crippen molar-refractivity contribution in [2.45, 2.75) is 12.3 Å². The Morgan fingerprint density at radius 2 is 2.05 bits per heavy atom. The summed E-state index contributed by atoms with van der Waals surface area (Å²) >= 11 is 0. The van der Waals surface area contributed by atoms with Crippen LogP contribution in [0.4, 0.5) is 11.4 Å². The van der Waals surface area contributed by atoms with E-state index in [0.717, 1.165) is 13.0 Å². The third-order valence-electron chi connectivity index (χ3n) is 3.84. The Morgan fingerprint density at radius 3 is 2.80 bits per heavy atom. The number of hydrogen-bond acceptors (Lipinski definition) is 3. The number of anilines is 2. The smallest absolute Gasteiger partial charge is 0.337 e. The average Bonchev–Trinajstić information content (AvgIpc) is 2.41. The molecule has 1 atom stereocenters. The number of rotatable bonds is 4. The quantitative estimate of drug-likeness (QED) is 0.745. The molecule has 4 N–H and O–H groups in total. The first kappa shape index (κ1) is 12.5. The predicted molar refractivity (Wildman–Crippen MR) is 79.2 cm³/mol. The number of carboxylic acids is 1. The fourth-order valence-corrected chi connectivity index (χ4v) is 2.68. The first-order valence-corrected chi connectivity index (χ1v) is 6.60. The van der Waals surface area contributed by atoms with E-state index < -0.39 is 5.97 Å². The van der Waals surface area contributed by atoms with E-state index in [1.54, 1.807) is 6.07 Å². The van der Waals surface area contributed by atoms with Gasteiger partial charge in [0.25, 0.3) is 0 Å². The number of carbonyl (C=O) groups is 1. The monoisotopic (exact) mass is 268 g/mol. The minimum atomic E-state index is -1.000. The van der Waals surface area contributed by atoms with E-state index in [4.69, 9.17) is 10.8 Å². The van der Waals surface area contributed by atoms with Crippen LogP contribution in [-0.4, -0.2) is 17.6 Å². The average molecular weight is 268 g/mol. The second-order valence-corrected chi connectivity index (χ2v) is 5.05. The molecule has 1 unspecified atom stereocenters. The van der Waals surface area contributed by atoms with Crippen LogP contribution in [0.2, 0.25) is 0 Å². The van der Waals surface area contributed by atoms with Gasteiger partial charge in [-0.15, -0.1) is 0 Å². The highest BCUT2D eigenvalue weighted by atomic mass is 16.4. The molecule has 0 heterocycles. The lowest BCUT2D eigenvalue weighted by Gasteiger charge is -2.30. The molecule has 1 aliphatic carbocycles. The molecule has 0 amide bonds. The van der Waals surface area contributed by atoms with Crippen molar-refractivity contribution in [1.82, 2.24) is 0 Å². The van der Waals surface area contributed by atoms with Crippen LogP contribution in [-0.2, 0) is 6.42 Å². The van der Waals surface area contributed by atoms with Crippen LogP contribution in [0, 0.1) is 0 Å². The van der Waals surface area contributed by atoms with Gasteiger partial charge in [0.1, 0.15) is 0 Å². The molecule has 1 aliphatic rings. The summed E-state index contributed by atoms with van der Waals surface area (Å²) in [6, 6.07) is 13.4. The number of para-hydroxylation sites is 1. The fraction of sp³-hybridized carbons (Fsp3) is 0.188. The summed E-state index contributed by atoms with van der Waals surface area (Å²) in [5, 5.41) is 12.3.